The van der Waals surface area contributed by atoms with Crippen LogP contribution in [0.4, 0.5) is 4.39 Å². The number of carbonyl (C=O) groups is 2. The zero-order valence-electron chi connectivity index (χ0n) is 21.1. The Balaban J connectivity index is 1.02. The van der Waals surface area contributed by atoms with Crippen LogP contribution in [0, 0.1) is 17.2 Å². The maximum absolute atomic E-state index is 13.5. The second-order valence-electron chi connectivity index (χ2n) is 11.5. The highest BCUT2D eigenvalue weighted by atomic mass is 35.5. The van der Waals surface area contributed by atoms with Gasteiger partial charge in [0, 0.05) is 30.7 Å². The molecule has 2 amide bonds. The summed E-state index contributed by atoms with van der Waals surface area (Å²) in [7, 11) is 2.19. The van der Waals surface area contributed by atoms with Gasteiger partial charge >= 0.3 is 0 Å². The molecule has 1 heterocycles. The first-order valence-electron chi connectivity index (χ1n) is 13.4. The molecule has 2 unspecified atom stereocenters. The van der Waals surface area contributed by atoms with E-state index in [1.165, 1.54) is 57.1 Å². The summed E-state index contributed by atoms with van der Waals surface area (Å²) < 4.78 is 18.9. The summed E-state index contributed by atoms with van der Waals surface area (Å²) in [5.41, 5.74) is -0.668. The maximum atomic E-state index is 13.5. The molecular formula is C27H38ClFN4O3. The van der Waals surface area contributed by atoms with Gasteiger partial charge in [0.05, 0.1) is 16.6 Å². The monoisotopic (exact) mass is 520 g/mol. The van der Waals surface area contributed by atoms with Crippen molar-refractivity contribution < 1.29 is 18.7 Å². The van der Waals surface area contributed by atoms with Gasteiger partial charge < -0.3 is 15.4 Å². The van der Waals surface area contributed by atoms with Gasteiger partial charge in [-0.25, -0.2) is 4.39 Å². The minimum absolute atomic E-state index is 0.00872. The quantitative estimate of drug-likeness (QED) is 0.488. The number of ether oxygens (including phenoxy) is 1. The zero-order valence-corrected chi connectivity index (χ0v) is 21.8. The maximum Gasteiger partial charge on any atom is 0.258 e. The molecule has 1 saturated heterocycles. The van der Waals surface area contributed by atoms with Crippen LogP contribution in [-0.2, 0) is 9.59 Å². The highest BCUT2D eigenvalue weighted by Gasteiger charge is 2.72. The van der Waals surface area contributed by atoms with Crippen molar-refractivity contribution >= 4 is 23.4 Å². The molecule has 0 radical (unpaired) electrons. The number of hydrogen-bond donors (Lipinski definition) is 3. The molecule has 5 aliphatic rings. The molecule has 36 heavy (non-hydrogen) atoms. The molecule has 2 bridgehead atoms. The fourth-order valence-corrected chi connectivity index (χ4v) is 7.07. The Morgan fingerprint density at radius 1 is 1.17 bits per heavy atom. The first-order chi connectivity index (χ1) is 17.3. The largest absolute Gasteiger partial charge is 0.484 e. The Hall–Kier alpha value is -1.90. The average Bonchev–Trinajstić information content (AvgIpc) is 3.14. The summed E-state index contributed by atoms with van der Waals surface area (Å²) in [6.45, 7) is 1.39. The van der Waals surface area contributed by atoms with E-state index < -0.39 is 5.82 Å². The van der Waals surface area contributed by atoms with Gasteiger partial charge in [0.25, 0.3) is 5.91 Å². The normalized spacial score (nSPS) is 32.5. The Labute approximate surface area is 217 Å². The summed E-state index contributed by atoms with van der Waals surface area (Å²) >= 11 is 5.67. The van der Waals surface area contributed by atoms with Gasteiger partial charge in [-0.2, -0.15) is 0 Å². The molecule has 7 nitrogen and oxygen atoms in total. The number of nitrogens with zero attached hydrogens (tertiary/aromatic N) is 1. The molecule has 198 valence electrons. The van der Waals surface area contributed by atoms with E-state index in [1.807, 2.05) is 0 Å². The standard InChI is InChI=1S/C27H38ClFN4O3/c1-33-22(18-7-5-3-2-4-6-8-18)12-30-23(33)13-31-25(35)26-15-27(16-26,17-26)32-24(34)14-36-19-9-10-20(28)21(29)11-19/h9-11,18,22-23,30H,2-8,12-17H2,1H3,(H,31,35)(H,32,34). The molecule has 4 aliphatic carbocycles. The Morgan fingerprint density at radius 3 is 2.56 bits per heavy atom. The van der Waals surface area contributed by atoms with Gasteiger partial charge in [0.2, 0.25) is 5.91 Å². The molecule has 6 rings (SSSR count). The molecule has 0 spiro atoms. The van der Waals surface area contributed by atoms with Gasteiger partial charge in [-0.1, -0.05) is 43.7 Å². The van der Waals surface area contributed by atoms with Crippen molar-refractivity contribution in [3.8, 4) is 5.75 Å². The number of rotatable bonds is 8. The Morgan fingerprint density at radius 2 is 1.86 bits per heavy atom. The minimum atomic E-state index is -0.587. The van der Waals surface area contributed by atoms with Crippen LogP contribution in [0.2, 0.25) is 5.02 Å². The Bertz CT molecular complexity index is 964. The molecule has 4 saturated carbocycles. The number of halogens is 2. The van der Waals surface area contributed by atoms with Crippen molar-refractivity contribution in [1.29, 1.82) is 0 Å². The third kappa shape index (κ3) is 5.22. The lowest BCUT2D eigenvalue weighted by Crippen LogP contribution is -2.78. The van der Waals surface area contributed by atoms with E-state index in [0.717, 1.165) is 18.5 Å². The summed E-state index contributed by atoms with van der Waals surface area (Å²) in [5, 5.41) is 9.82. The van der Waals surface area contributed by atoms with Crippen LogP contribution in [0.5, 0.6) is 5.75 Å². The topological polar surface area (TPSA) is 82.7 Å². The van der Waals surface area contributed by atoms with Crippen LogP contribution in [-0.4, -0.2) is 61.2 Å². The number of benzene rings is 1. The van der Waals surface area contributed by atoms with Crippen molar-refractivity contribution in [3.05, 3.63) is 29.0 Å². The summed E-state index contributed by atoms with van der Waals surface area (Å²) in [6.07, 6.45) is 11.5. The molecule has 9 heteroatoms. The molecule has 1 aromatic carbocycles. The van der Waals surface area contributed by atoms with E-state index in [-0.39, 0.29) is 46.3 Å². The van der Waals surface area contributed by atoms with E-state index in [9.17, 15) is 14.0 Å². The van der Waals surface area contributed by atoms with Crippen molar-refractivity contribution in [3.63, 3.8) is 0 Å². The molecule has 5 fully saturated rings. The summed E-state index contributed by atoms with van der Waals surface area (Å²) in [4.78, 5) is 27.7. The number of likely N-dealkylation sites (N-methyl/N-ethyl adjacent to an activating group) is 1. The number of nitrogens with one attached hydrogen (secondary N) is 3. The summed E-state index contributed by atoms with van der Waals surface area (Å²) in [6, 6.07) is 4.62. The number of carbonyl (C=O) groups excluding carboxylic acids is 2. The lowest BCUT2D eigenvalue weighted by molar-refractivity contribution is -0.184. The zero-order chi connectivity index (χ0) is 25.3. The van der Waals surface area contributed by atoms with Crippen LogP contribution in [0.25, 0.3) is 0 Å². The molecule has 1 aliphatic heterocycles. The highest BCUT2D eigenvalue weighted by molar-refractivity contribution is 6.30. The van der Waals surface area contributed by atoms with E-state index in [1.54, 1.807) is 0 Å². The SMILES string of the molecule is CN1C(CNC(=O)C23CC(NC(=O)COc4ccc(Cl)c(F)c4)(C2)C3)NCC1C1CCCCCCC1. The van der Waals surface area contributed by atoms with E-state index in [0.29, 0.717) is 31.8 Å². The highest BCUT2D eigenvalue weighted by Crippen LogP contribution is 2.67. The van der Waals surface area contributed by atoms with Gasteiger partial charge in [-0.05, 0) is 57.2 Å². The van der Waals surface area contributed by atoms with E-state index in [2.05, 4.69) is 27.9 Å². The van der Waals surface area contributed by atoms with Crippen molar-refractivity contribution in [2.24, 2.45) is 11.3 Å². The van der Waals surface area contributed by atoms with E-state index in [4.69, 9.17) is 16.3 Å². The van der Waals surface area contributed by atoms with Crippen molar-refractivity contribution in [1.82, 2.24) is 20.9 Å². The smallest absolute Gasteiger partial charge is 0.258 e. The molecule has 0 aromatic heterocycles. The van der Waals surface area contributed by atoms with Crippen LogP contribution in [0.1, 0.15) is 64.2 Å². The Kier molecular flexibility index (Phi) is 7.48. The van der Waals surface area contributed by atoms with Gasteiger partial charge in [0.15, 0.2) is 6.61 Å². The first kappa shape index (κ1) is 25.7. The lowest BCUT2D eigenvalue weighted by Gasteiger charge is -2.69. The third-order valence-corrected chi connectivity index (χ3v) is 9.21. The van der Waals surface area contributed by atoms with Crippen LogP contribution in [0.15, 0.2) is 18.2 Å². The predicted octanol–water partition coefficient (Wildman–Crippen LogP) is 3.60. The molecule has 1 aromatic rings. The summed E-state index contributed by atoms with van der Waals surface area (Å²) in [5.74, 6) is 0.235. The fourth-order valence-electron chi connectivity index (χ4n) is 6.95. The van der Waals surface area contributed by atoms with Crippen LogP contribution >= 0.6 is 11.6 Å². The first-order valence-corrected chi connectivity index (χ1v) is 13.8. The number of hydrogen-bond acceptors (Lipinski definition) is 5. The van der Waals surface area contributed by atoms with Crippen LogP contribution in [0.3, 0.4) is 0 Å². The minimum Gasteiger partial charge on any atom is -0.484 e. The fraction of sp³-hybridized carbons (Fsp3) is 0.704. The second-order valence-corrected chi connectivity index (χ2v) is 11.9. The lowest BCUT2D eigenvalue weighted by atomic mass is 9.39. The van der Waals surface area contributed by atoms with Crippen LogP contribution < -0.4 is 20.7 Å². The second kappa shape index (κ2) is 10.5. The molecule has 3 N–H and O–H groups in total. The predicted molar refractivity (Wildman–Crippen MR) is 136 cm³/mol. The van der Waals surface area contributed by atoms with Gasteiger partial charge in [-0.15, -0.1) is 0 Å². The average molecular weight is 521 g/mol. The molecule has 2 atom stereocenters. The third-order valence-electron chi connectivity index (χ3n) is 8.90. The molecular weight excluding hydrogens is 483 g/mol. The van der Waals surface area contributed by atoms with Crippen molar-refractivity contribution in [2.45, 2.75) is 82.0 Å². The van der Waals surface area contributed by atoms with E-state index >= 15 is 0 Å². The van der Waals surface area contributed by atoms with Gasteiger partial charge in [0.1, 0.15) is 11.6 Å². The number of amides is 2. The van der Waals surface area contributed by atoms with Gasteiger partial charge in [-0.3, -0.25) is 19.8 Å². The van der Waals surface area contributed by atoms with Crippen molar-refractivity contribution in [2.75, 3.05) is 26.7 Å².